The van der Waals surface area contributed by atoms with Gasteiger partial charge in [-0.3, -0.25) is 10.1 Å². The van der Waals surface area contributed by atoms with Crippen LogP contribution in [0.4, 0.5) is 20.7 Å². The van der Waals surface area contributed by atoms with Crippen LogP contribution in [0.15, 0.2) is 54.9 Å². The number of aryl methyl sites for hydroxylation is 1. The molecule has 166 valence electrons. The lowest BCUT2D eigenvalue weighted by Crippen LogP contribution is -2.36. The van der Waals surface area contributed by atoms with Crippen molar-refractivity contribution in [2.45, 2.75) is 12.8 Å². The van der Waals surface area contributed by atoms with Crippen LogP contribution in [0, 0.1) is 5.82 Å². The van der Waals surface area contributed by atoms with Crippen molar-refractivity contribution in [2.24, 2.45) is 0 Å². The lowest BCUT2D eigenvalue weighted by atomic mass is 10.0. The Morgan fingerprint density at radius 1 is 1.09 bits per heavy atom. The Kier molecular flexibility index (Phi) is 5.17. The third kappa shape index (κ3) is 3.86. The average molecular weight is 446 g/mol. The van der Waals surface area contributed by atoms with Crippen LogP contribution in [-0.2, 0) is 11.2 Å². The molecule has 1 aromatic carbocycles. The molecule has 4 aromatic rings. The number of benzene rings is 1. The number of imidazole rings is 1. The number of hydrogen-bond acceptors (Lipinski definition) is 6. The smallest absolute Gasteiger partial charge is 0.412 e. The third-order valence-corrected chi connectivity index (χ3v) is 5.46. The van der Waals surface area contributed by atoms with Crippen LogP contribution in [0.5, 0.6) is 0 Å². The highest BCUT2D eigenvalue weighted by molar-refractivity contribution is 6.05. The Bertz CT molecular complexity index is 1370. The second-order valence-electron chi connectivity index (χ2n) is 7.51. The summed E-state index contributed by atoms with van der Waals surface area (Å²) >= 11 is 0. The van der Waals surface area contributed by atoms with Crippen molar-refractivity contribution in [2.75, 3.05) is 23.9 Å². The molecule has 0 unspecified atom stereocenters. The van der Waals surface area contributed by atoms with Gasteiger partial charge in [0.25, 0.3) is 5.91 Å². The second kappa shape index (κ2) is 8.30. The molecule has 2 amide bonds. The van der Waals surface area contributed by atoms with Crippen molar-refractivity contribution in [3.63, 3.8) is 0 Å². The third-order valence-electron chi connectivity index (χ3n) is 5.46. The summed E-state index contributed by atoms with van der Waals surface area (Å²) in [4.78, 5) is 34.8. The lowest BCUT2D eigenvalue weighted by Gasteiger charge is -2.29. The van der Waals surface area contributed by atoms with Crippen LogP contribution in [-0.4, -0.2) is 45.2 Å². The zero-order chi connectivity index (χ0) is 22.9. The van der Waals surface area contributed by atoms with E-state index in [1.54, 1.807) is 52.1 Å². The van der Waals surface area contributed by atoms with Gasteiger partial charge in [-0.2, -0.15) is 5.10 Å². The van der Waals surface area contributed by atoms with Crippen LogP contribution in [0.3, 0.4) is 0 Å². The summed E-state index contributed by atoms with van der Waals surface area (Å²) in [6.45, 7) is 0.534. The van der Waals surface area contributed by atoms with E-state index < -0.39 is 6.09 Å². The normalized spacial score (nSPS) is 13.0. The van der Waals surface area contributed by atoms with Gasteiger partial charge in [-0.15, -0.1) is 0 Å². The first-order valence-corrected chi connectivity index (χ1v) is 10.3. The molecule has 0 bridgehead atoms. The molecule has 0 radical (unpaired) electrons. The number of hydrogen-bond donors (Lipinski definition) is 1. The largest absolute Gasteiger partial charge is 0.453 e. The number of carbonyl (C=O) groups is 2. The quantitative estimate of drug-likeness (QED) is 0.515. The molecule has 0 atom stereocenters. The number of nitrogens with zero attached hydrogens (tertiary/aromatic N) is 5. The minimum Gasteiger partial charge on any atom is -0.453 e. The fourth-order valence-corrected chi connectivity index (χ4v) is 3.87. The number of pyridine rings is 1. The van der Waals surface area contributed by atoms with Crippen molar-refractivity contribution in [3.05, 3.63) is 71.9 Å². The number of rotatable bonds is 3. The Hall–Kier alpha value is -4.34. The van der Waals surface area contributed by atoms with E-state index in [2.05, 4.69) is 25.1 Å². The SMILES string of the molecule is COC(=O)Nc1ccc(-c2cnc3ccc(C(=O)N4CCCc5cc(F)ccc54)nn23)cn1. The minimum atomic E-state index is -0.614. The molecule has 33 heavy (non-hydrogen) atoms. The van der Waals surface area contributed by atoms with E-state index in [9.17, 15) is 14.0 Å². The van der Waals surface area contributed by atoms with Gasteiger partial charge in [0, 0.05) is 24.0 Å². The number of fused-ring (bicyclic) bond motifs is 2. The number of carbonyl (C=O) groups excluding carboxylic acids is 2. The molecule has 1 aliphatic rings. The predicted molar refractivity (Wildman–Crippen MR) is 119 cm³/mol. The van der Waals surface area contributed by atoms with E-state index in [0.29, 0.717) is 35.0 Å². The molecule has 1 N–H and O–H groups in total. The first-order valence-electron chi connectivity index (χ1n) is 10.3. The van der Waals surface area contributed by atoms with E-state index >= 15 is 0 Å². The first kappa shape index (κ1) is 20.6. The summed E-state index contributed by atoms with van der Waals surface area (Å²) in [7, 11) is 1.27. The Balaban J connectivity index is 1.47. The molecular formula is C23H19FN6O3. The summed E-state index contributed by atoms with van der Waals surface area (Å²) in [5.74, 6) is -0.240. The summed E-state index contributed by atoms with van der Waals surface area (Å²) in [5, 5.41) is 7.02. The molecule has 0 fully saturated rings. The van der Waals surface area contributed by atoms with E-state index in [1.807, 2.05) is 0 Å². The number of halogens is 1. The van der Waals surface area contributed by atoms with Crippen LogP contribution in [0.25, 0.3) is 16.9 Å². The number of ether oxygens (including phenoxy) is 1. The van der Waals surface area contributed by atoms with Crippen molar-refractivity contribution >= 4 is 29.2 Å². The van der Waals surface area contributed by atoms with Gasteiger partial charge in [0.05, 0.1) is 19.0 Å². The fraction of sp³-hybridized carbons (Fsp3) is 0.174. The molecule has 3 aromatic heterocycles. The van der Waals surface area contributed by atoms with Gasteiger partial charge in [0.1, 0.15) is 17.3 Å². The van der Waals surface area contributed by atoms with E-state index in [1.165, 1.54) is 19.2 Å². The van der Waals surface area contributed by atoms with Crippen LogP contribution in [0.1, 0.15) is 22.5 Å². The summed E-state index contributed by atoms with van der Waals surface area (Å²) in [6, 6.07) is 11.2. The maximum absolute atomic E-state index is 13.6. The number of amides is 2. The highest BCUT2D eigenvalue weighted by Crippen LogP contribution is 2.29. The topological polar surface area (TPSA) is 102 Å². The zero-order valence-electron chi connectivity index (χ0n) is 17.7. The molecule has 0 saturated heterocycles. The minimum absolute atomic E-state index is 0.246. The van der Waals surface area contributed by atoms with Gasteiger partial charge < -0.3 is 9.64 Å². The molecule has 0 saturated carbocycles. The molecule has 5 rings (SSSR count). The first-order chi connectivity index (χ1) is 16.0. The van der Waals surface area contributed by atoms with Crippen molar-refractivity contribution in [3.8, 4) is 11.3 Å². The van der Waals surface area contributed by atoms with Gasteiger partial charge in [0.15, 0.2) is 5.65 Å². The monoisotopic (exact) mass is 446 g/mol. The average Bonchev–Trinajstić information content (AvgIpc) is 3.26. The van der Waals surface area contributed by atoms with Crippen molar-refractivity contribution < 1.29 is 18.7 Å². The van der Waals surface area contributed by atoms with Gasteiger partial charge in [-0.25, -0.2) is 23.7 Å². The molecule has 0 spiro atoms. The number of anilines is 2. The van der Waals surface area contributed by atoms with Crippen LogP contribution >= 0.6 is 0 Å². The van der Waals surface area contributed by atoms with Gasteiger partial charge in [0.2, 0.25) is 0 Å². The molecule has 0 aliphatic carbocycles. The highest BCUT2D eigenvalue weighted by Gasteiger charge is 2.25. The van der Waals surface area contributed by atoms with Crippen LogP contribution < -0.4 is 10.2 Å². The maximum atomic E-state index is 13.6. The highest BCUT2D eigenvalue weighted by atomic mass is 19.1. The van der Waals surface area contributed by atoms with Crippen molar-refractivity contribution in [1.29, 1.82) is 0 Å². The molecule has 4 heterocycles. The lowest BCUT2D eigenvalue weighted by molar-refractivity contribution is 0.0979. The molecule has 10 heteroatoms. The molecule has 9 nitrogen and oxygen atoms in total. The number of methoxy groups -OCH3 is 1. The Labute approximate surface area is 187 Å². The van der Waals surface area contributed by atoms with Crippen molar-refractivity contribution in [1.82, 2.24) is 19.6 Å². The maximum Gasteiger partial charge on any atom is 0.412 e. The summed E-state index contributed by atoms with van der Waals surface area (Å²) in [5.41, 5.74) is 3.67. The number of nitrogens with one attached hydrogen (secondary N) is 1. The number of aromatic nitrogens is 4. The standard InChI is InChI=1S/C23H19FN6O3/c1-33-23(32)27-20-8-4-15(12-25-20)19-13-26-21-9-6-17(28-30(19)21)22(31)29-10-2-3-14-11-16(24)5-7-18(14)29/h4-9,11-13H,2-3,10H2,1H3,(H,25,27,32). The molecule has 1 aliphatic heterocycles. The van der Waals surface area contributed by atoms with Gasteiger partial charge in [-0.1, -0.05) is 0 Å². The second-order valence-corrected chi connectivity index (χ2v) is 7.51. The van der Waals surface area contributed by atoms with E-state index in [4.69, 9.17) is 0 Å². The van der Waals surface area contributed by atoms with E-state index in [-0.39, 0.29) is 17.4 Å². The summed E-state index contributed by atoms with van der Waals surface area (Å²) in [6.07, 6.45) is 4.07. The van der Waals surface area contributed by atoms with Gasteiger partial charge in [-0.05, 0) is 60.9 Å². The van der Waals surface area contributed by atoms with Crippen LogP contribution in [0.2, 0.25) is 0 Å². The summed E-state index contributed by atoms with van der Waals surface area (Å²) < 4.78 is 19.8. The zero-order valence-corrected chi connectivity index (χ0v) is 17.7. The Morgan fingerprint density at radius 2 is 1.97 bits per heavy atom. The molecular weight excluding hydrogens is 427 g/mol. The fourth-order valence-electron chi connectivity index (χ4n) is 3.87. The van der Waals surface area contributed by atoms with E-state index in [0.717, 1.165) is 18.4 Å². The predicted octanol–water partition coefficient (Wildman–Crippen LogP) is 3.70. The Morgan fingerprint density at radius 3 is 2.76 bits per heavy atom. The van der Waals surface area contributed by atoms with Gasteiger partial charge >= 0.3 is 6.09 Å².